The second-order valence-electron chi connectivity index (χ2n) is 9.15. The molecule has 32 heavy (non-hydrogen) atoms. The van der Waals surface area contributed by atoms with Crippen molar-refractivity contribution in [1.29, 1.82) is 0 Å². The molecular formula is C27H23ClN2O2. The Bertz CT molecular complexity index is 1270. The second kappa shape index (κ2) is 6.77. The van der Waals surface area contributed by atoms with E-state index in [1.165, 1.54) is 0 Å². The number of carbonyl (C=O) groups is 2. The summed E-state index contributed by atoms with van der Waals surface area (Å²) < 4.78 is 0. The van der Waals surface area contributed by atoms with Crippen LogP contribution in [0.5, 0.6) is 0 Å². The molecule has 0 unspecified atom stereocenters. The van der Waals surface area contributed by atoms with Crippen molar-refractivity contribution in [3.05, 3.63) is 100 Å². The Kier molecular flexibility index (Phi) is 4.17. The number of halogens is 1. The maximum absolute atomic E-state index is 14.5. The molecule has 0 saturated carbocycles. The van der Waals surface area contributed by atoms with Gasteiger partial charge in [-0.3, -0.25) is 14.5 Å². The first kappa shape index (κ1) is 19.7. The average Bonchev–Trinajstić information content (AvgIpc) is 3.25. The Hall–Kier alpha value is -2.95. The van der Waals surface area contributed by atoms with Gasteiger partial charge in [-0.05, 0) is 49.2 Å². The number of hydrogen-bond acceptors (Lipinski definition) is 3. The van der Waals surface area contributed by atoms with Gasteiger partial charge < -0.3 is 5.32 Å². The van der Waals surface area contributed by atoms with Crippen LogP contribution in [0, 0.1) is 5.41 Å². The van der Waals surface area contributed by atoms with E-state index >= 15 is 0 Å². The van der Waals surface area contributed by atoms with Gasteiger partial charge in [0.25, 0.3) is 5.91 Å². The number of para-hydroxylation sites is 1. The van der Waals surface area contributed by atoms with Crippen LogP contribution in [0.4, 0.5) is 5.69 Å². The third kappa shape index (κ3) is 2.26. The van der Waals surface area contributed by atoms with E-state index in [9.17, 15) is 9.59 Å². The van der Waals surface area contributed by atoms with E-state index in [2.05, 4.69) is 10.2 Å². The molecule has 0 radical (unpaired) electrons. The monoisotopic (exact) mass is 442 g/mol. The highest BCUT2D eigenvalue weighted by molar-refractivity contribution is 6.30. The minimum atomic E-state index is -1.06. The van der Waals surface area contributed by atoms with Crippen molar-refractivity contribution >= 4 is 29.0 Å². The molecule has 1 fully saturated rings. The second-order valence-corrected chi connectivity index (χ2v) is 9.59. The molecule has 4 nitrogen and oxygen atoms in total. The Morgan fingerprint density at radius 3 is 2.50 bits per heavy atom. The first-order valence-corrected chi connectivity index (χ1v) is 11.4. The molecule has 1 saturated heterocycles. The topological polar surface area (TPSA) is 49.4 Å². The van der Waals surface area contributed by atoms with Crippen LogP contribution >= 0.6 is 11.6 Å². The number of likely N-dealkylation sites (tertiary alicyclic amines) is 1. The highest BCUT2D eigenvalue weighted by atomic mass is 35.5. The number of Topliss-reactive ketones (excluding diaryl/α,β-unsaturated/α-hetero) is 1. The van der Waals surface area contributed by atoms with Crippen molar-refractivity contribution in [2.24, 2.45) is 5.41 Å². The molecule has 5 heteroatoms. The van der Waals surface area contributed by atoms with E-state index in [0.717, 1.165) is 34.4 Å². The van der Waals surface area contributed by atoms with Gasteiger partial charge in [0.1, 0.15) is 5.54 Å². The van der Waals surface area contributed by atoms with Gasteiger partial charge >= 0.3 is 0 Å². The van der Waals surface area contributed by atoms with Crippen LogP contribution in [0.15, 0.2) is 72.8 Å². The highest BCUT2D eigenvalue weighted by Gasteiger charge is 2.73. The van der Waals surface area contributed by atoms with E-state index in [1.807, 2.05) is 79.8 Å². The van der Waals surface area contributed by atoms with Gasteiger partial charge in [-0.2, -0.15) is 0 Å². The molecule has 0 aromatic heterocycles. The van der Waals surface area contributed by atoms with Crippen molar-refractivity contribution in [3.8, 4) is 0 Å². The average molecular weight is 443 g/mol. The number of rotatable bonds is 1. The van der Waals surface area contributed by atoms with Crippen LogP contribution in [-0.2, 0) is 16.8 Å². The predicted molar refractivity (Wildman–Crippen MR) is 125 cm³/mol. The van der Waals surface area contributed by atoms with E-state index in [1.54, 1.807) is 0 Å². The van der Waals surface area contributed by atoms with Gasteiger partial charge in [0, 0.05) is 34.3 Å². The lowest BCUT2D eigenvalue weighted by Crippen LogP contribution is -2.60. The summed E-state index contributed by atoms with van der Waals surface area (Å²) in [7, 11) is 1.98. The summed E-state index contributed by atoms with van der Waals surface area (Å²) in [5.41, 5.74) is 2.57. The number of benzene rings is 3. The van der Waals surface area contributed by atoms with E-state index in [0.29, 0.717) is 18.0 Å². The van der Waals surface area contributed by atoms with Crippen molar-refractivity contribution in [2.75, 3.05) is 18.9 Å². The Labute approximate surface area is 192 Å². The summed E-state index contributed by atoms with van der Waals surface area (Å²) in [4.78, 5) is 30.5. The van der Waals surface area contributed by atoms with Gasteiger partial charge in [-0.1, -0.05) is 66.2 Å². The van der Waals surface area contributed by atoms with Gasteiger partial charge in [0.2, 0.25) is 0 Å². The summed E-state index contributed by atoms with van der Waals surface area (Å²) in [5, 5.41) is 3.76. The summed E-state index contributed by atoms with van der Waals surface area (Å²) in [6, 6.07) is 23.4. The molecule has 2 heterocycles. The van der Waals surface area contributed by atoms with Crippen LogP contribution in [0.3, 0.4) is 0 Å². The standard InChI is InChI=1S/C27H23ClN2O2/c1-30-16-22(18-10-12-19(28)13-11-18)26(15-14-17-6-2-3-7-20(17)24(26)31)27(30)21-8-4-5-9-23(21)29-25(27)32/h2-13,22H,14-16H2,1H3,(H,29,32)/t22-,26+,27+/m0/s1. The Balaban J connectivity index is 1.67. The molecule has 3 aromatic rings. The molecule has 1 amide bonds. The number of nitrogens with zero attached hydrogens (tertiary/aromatic N) is 1. The Morgan fingerprint density at radius 2 is 1.69 bits per heavy atom. The minimum absolute atomic E-state index is 0.0653. The van der Waals surface area contributed by atoms with Crippen LogP contribution in [0.2, 0.25) is 5.02 Å². The molecule has 6 rings (SSSR count). The SMILES string of the molecule is CN1C[C@@H](c2ccc(Cl)cc2)[C@@]2(CCc3ccccc3C2=O)[C@@]12C(=O)Nc1ccccc12. The largest absolute Gasteiger partial charge is 0.324 e. The number of ketones is 1. The smallest absolute Gasteiger partial charge is 0.250 e. The number of carbonyl (C=O) groups excluding carboxylic acids is 2. The van der Waals surface area contributed by atoms with Crippen LogP contribution in [0.25, 0.3) is 0 Å². The normalized spacial score (nSPS) is 28.8. The van der Waals surface area contributed by atoms with Gasteiger partial charge in [0.15, 0.2) is 5.78 Å². The van der Waals surface area contributed by atoms with Crippen molar-refractivity contribution in [1.82, 2.24) is 4.90 Å². The van der Waals surface area contributed by atoms with Gasteiger partial charge in [-0.15, -0.1) is 0 Å². The molecule has 0 bridgehead atoms. The zero-order valence-corrected chi connectivity index (χ0v) is 18.5. The minimum Gasteiger partial charge on any atom is -0.324 e. The number of amides is 1. The quantitative estimate of drug-likeness (QED) is 0.575. The molecule has 3 atom stereocenters. The number of nitrogens with one attached hydrogen (secondary N) is 1. The summed E-state index contributed by atoms with van der Waals surface area (Å²) in [6.07, 6.45) is 1.37. The number of aryl methyl sites for hydroxylation is 1. The van der Waals surface area contributed by atoms with E-state index in [4.69, 9.17) is 11.6 Å². The van der Waals surface area contributed by atoms with Crippen LogP contribution in [0.1, 0.15) is 39.4 Å². The Morgan fingerprint density at radius 1 is 0.969 bits per heavy atom. The van der Waals surface area contributed by atoms with Crippen LogP contribution in [-0.4, -0.2) is 30.2 Å². The maximum atomic E-state index is 14.5. The number of likely N-dealkylation sites (N-methyl/N-ethyl adjacent to an activating group) is 1. The third-order valence-electron chi connectivity index (χ3n) is 7.89. The first-order valence-electron chi connectivity index (χ1n) is 11.0. The van der Waals surface area contributed by atoms with Gasteiger partial charge in [0.05, 0.1) is 5.41 Å². The highest BCUT2D eigenvalue weighted by Crippen LogP contribution is 2.66. The maximum Gasteiger partial charge on any atom is 0.250 e. The molecule has 3 aliphatic rings. The molecule has 2 aliphatic heterocycles. The first-order chi connectivity index (χ1) is 15.5. The summed E-state index contributed by atoms with van der Waals surface area (Å²) >= 11 is 6.19. The summed E-state index contributed by atoms with van der Waals surface area (Å²) in [5.74, 6) is -0.177. The van der Waals surface area contributed by atoms with E-state index < -0.39 is 11.0 Å². The zero-order chi connectivity index (χ0) is 22.1. The number of hydrogen-bond donors (Lipinski definition) is 1. The van der Waals surface area contributed by atoms with Crippen molar-refractivity contribution in [2.45, 2.75) is 24.3 Å². The zero-order valence-electron chi connectivity index (χ0n) is 17.8. The fourth-order valence-corrected chi connectivity index (χ4v) is 6.76. The fourth-order valence-electron chi connectivity index (χ4n) is 6.63. The molecular weight excluding hydrogens is 420 g/mol. The lowest BCUT2D eigenvalue weighted by Gasteiger charge is -2.48. The molecule has 2 spiro atoms. The van der Waals surface area contributed by atoms with Crippen LogP contribution < -0.4 is 5.32 Å². The molecule has 1 N–H and O–H groups in total. The lowest BCUT2D eigenvalue weighted by atomic mass is 9.53. The van der Waals surface area contributed by atoms with Crippen molar-refractivity contribution < 1.29 is 9.59 Å². The molecule has 160 valence electrons. The predicted octanol–water partition coefficient (Wildman–Crippen LogP) is 5.03. The van der Waals surface area contributed by atoms with Gasteiger partial charge in [-0.25, -0.2) is 0 Å². The lowest BCUT2D eigenvalue weighted by molar-refractivity contribution is -0.130. The van der Waals surface area contributed by atoms with Crippen molar-refractivity contribution in [3.63, 3.8) is 0 Å². The molecule has 1 aliphatic carbocycles. The van der Waals surface area contributed by atoms with E-state index in [-0.39, 0.29) is 17.6 Å². The molecule has 3 aromatic carbocycles. The number of fused-ring (bicyclic) bond motifs is 4. The fraction of sp³-hybridized carbons (Fsp3) is 0.259. The summed E-state index contributed by atoms with van der Waals surface area (Å²) in [6.45, 7) is 0.608. The third-order valence-corrected chi connectivity index (χ3v) is 8.14. The number of anilines is 1.